The van der Waals surface area contributed by atoms with Crippen molar-refractivity contribution < 1.29 is 4.74 Å². The van der Waals surface area contributed by atoms with E-state index in [1.54, 1.807) is 0 Å². The molecule has 20 heavy (non-hydrogen) atoms. The molecule has 1 atom stereocenters. The summed E-state index contributed by atoms with van der Waals surface area (Å²) in [7, 11) is 4.13. The minimum atomic E-state index is 0.374. The average Bonchev–Trinajstić information content (AvgIpc) is 2.96. The molecule has 1 aromatic carbocycles. The Kier molecular flexibility index (Phi) is 5.86. The second-order valence-corrected chi connectivity index (χ2v) is 5.94. The molecule has 1 saturated carbocycles. The molecule has 0 radical (unpaired) electrons. The van der Waals surface area contributed by atoms with Crippen molar-refractivity contribution >= 4 is 5.69 Å². The van der Waals surface area contributed by atoms with Gasteiger partial charge in [-0.25, -0.2) is 0 Å². The molecule has 112 valence electrons. The quantitative estimate of drug-likeness (QED) is 0.773. The lowest BCUT2D eigenvalue weighted by atomic mass is 10.1. The van der Waals surface area contributed by atoms with Crippen LogP contribution in [0.3, 0.4) is 0 Å². The van der Waals surface area contributed by atoms with Gasteiger partial charge in [-0.15, -0.1) is 0 Å². The molecule has 3 nitrogen and oxygen atoms in total. The summed E-state index contributed by atoms with van der Waals surface area (Å²) < 4.78 is 5.87. The molecule has 0 saturated heterocycles. The van der Waals surface area contributed by atoms with E-state index in [4.69, 9.17) is 4.74 Å². The van der Waals surface area contributed by atoms with Crippen LogP contribution >= 0.6 is 0 Å². The Morgan fingerprint density at radius 2 is 1.85 bits per heavy atom. The normalized spacial score (nSPS) is 17.4. The molecule has 0 amide bonds. The van der Waals surface area contributed by atoms with Crippen LogP contribution < -0.4 is 10.2 Å². The van der Waals surface area contributed by atoms with E-state index in [-0.39, 0.29) is 0 Å². The standard InChI is InChI=1S/C17H28N2O/c1-14(15-8-10-16(11-9-15)19(2)3)18-12-13-20-17-6-4-5-7-17/h8-11,14,17-18H,4-7,12-13H2,1-3H3. The van der Waals surface area contributed by atoms with Crippen molar-refractivity contribution in [3.63, 3.8) is 0 Å². The maximum Gasteiger partial charge on any atom is 0.0594 e. The zero-order valence-electron chi connectivity index (χ0n) is 13.1. The molecule has 3 heteroatoms. The van der Waals surface area contributed by atoms with Gasteiger partial charge in [0.15, 0.2) is 0 Å². The van der Waals surface area contributed by atoms with Crippen molar-refractivity contribution in [3.05, 3.63) is 29.8 Å². The highest BCUT2D eigenvalue weighted by atomic mass is 16.5. The number of nitrogens with one attached hydrogen (secondary N) is 1. The molecule has 1 unspecified atom stereocenters. The monoisotopic (exact) mass is 276 g/mol. The number of rotatable bonds is 7. The van der Waals surface area contributed by atoms with Gasteiger partial charge in [-0.05, 0) is 37.5 Å². The third-order valence-electron chi connectivity index (χ3n) is 4.12. The average molecular weight is 276 g/mol. The summed E-state index contributed by atoms with van der Waals surface area (Å²) in [6, 6.07) is 9.11. The van der Waals surface area contributed by atoms with Gasteiger partial charge in [0.1, 0.15) is 0 Å². The first-order valence-corrected chi connectivity index (χ1v) is 7.79. The molecule has 1 fully saturated rings. The number of ether oxygens (including phenoxy) is 1. The molecule has 0 aliphatic heterocycles. The Hall–Kier alpha value is -1.06. The smallest absolute Gasteiger partial charge is 0.0594 e. The summed E-state index contributed by atoms with van der Waals surface area (Å²) >= 11 is 0. The molecule has 0 spiro atoms. The van der Waals surface area contributed by atoms with E-state index >= 15 is 0 Å². The Morgan fingerprint density at radius 1 is 1.20 bits per heavy atom. The van der Waals surface area contributed by atoms with Crippen LogP contribution in [0.5, 0.6) is 0 Å². The maximum atomic E-state index is 5.87. The van der Waals surface area contributed by atoms with Gasteiger partial charge in [0, 0.05) is 32.4 Å². The van der Waals surface area contributed by atoms with E-state index in [1.807, 2.05) is 0 Å². The first-order valence-electron chi connectivity index (χ1n) is 7.79. The van der Waals surface area contributed by atoms with E-state index in [9.17, 15) is 0 Å². The van der Waals surface area contributed by atoms with E-state index in [0.717, 1.165) is 13.2 Å². The van der Waals surface area contributed by atoms with Crippen LogP contribution in [0.4, 0.5) is 5.69 Å². The van der Waals surface area contributed by atoms with E-state index < -0.39 is 0 Å². The van der Waals surface area contributed by atoms with Gasteiger partial charge in [-0.1, -0.05) is 25.0 Å². The second kappa shape index (κ2) is 7.65. The summed E-state index contributed by atoms with van der Waals surface area (Å²) in [5, 5.41) is 3.53. The summed E-state index contributed by atoms with van der Waals surface area (Å²) in [4.78, 5) is 2.12. The van der Waals surface area contributed by atoms with Crippen molar-refractivity contribution in [3.8, 4) is 0 Å². The van der Waals surface area contributed by atoms with Crippen LogP contribution in [0.1, 0.15) is 44.2 Å². The summed E-state index contributed by atoms with van der Waals surface area (Å²) in [5.74, 6) is 0. The zero-order chi connectivity index (χ0) is 14.4. The Bertz CT molecular complexity index is 382. The topological polar surface area (TPSA) is 24.5 Å². The molecule has 0 bridgehead atoms. The highest BCUT2D eigenvalue weighted by Gasteiger charge is 2.14. The number of hydrogen-bond donors (Lipinski definition) is 1. The number of benzene rings is 1. The maximum absolute atomic E-state index is 5.87. The molecule has 1 aromatic rings. The van der Waals surface area contributed by atoms with Crippen LogP contribution in [0, 0.1) is 0 Å². The fourth-order valence-corrected chi connectivity index (χ4v) is 2.74. The lowest BCUT2D eigenvalue weighted by molar-refractivity contribution is 0.0593. The predicted molar refractivity (Wildman–Crippen MR) is 85.4 cm³/mol. The molecule has 0 aromatic heterocycles. The van der Waals surface area contributed by atoms with Gasteiger partial charge in [0.05, 0.1) is 12.7 Å². The van der Waals surface area contributed by atoms with Gasteiger partial charge in [0.25, 0.3) is 0 Å². The third-order valence-corrected chi connectivity index (χ3v) is 4.12. The summed E-state index contributed by atoms with van der Waals surface area (Å²) in [6.07, 6.45) is 5.70. The van der Waals surface area contributed by atoms with E-state index in [2.05, 4.69) is 55.5 Å². The van der Waals surface area contributed by atoms with Crippen LogP contribution in [0.2, 0.25) is 0 Å². The van der Waals surface area contributed by atoms with Crippen molar-refractivity contribution in [2.24, 2.45) is 0 Å². The van der Waals surface area contributed by atoms with Crippen LogP contribution in [0.15, 0.2) is 24.3 Å². The highest BCUT2D eigenvalue weighted by Crippen LogP contribution is 2.21. The van der Waals surface area contributed by atoms with Crippen molar-refractivity contribution in [2.75, 3.05) is 32.1 Å². The summed E-state index contributed by atoms with van der Waals surface area (Å²) in [6.45, 7) is 3.96. The zero-order valence-corrected chi connectivity index (χ0v) is 13.1. The number of anilines is 1. The Labute approximate surface area is 123 Å². The molecule has 1 aliphatic carbocycles. The summed E-state index contributed by atoms with van der Waals surface area (Å²) in [5.41, 5.74) is 2.57. The highest BCUT2D eigenvalue weighted by molar-refractivity contribution is 5.46. The first-order chi connectivity index (χ1) is 9.66. The molecule has 2 rings (SSSR count). The van der Waals surface area contributed by atoms with Crippen molar-refractivity contribution in [1.82, 2.24) is 5.32 Å². The Morgan fingerprint density at radius 3 is 2.45 bits per heavy atom. The lowest BCUT2D eigenvalue weighted by Crippen LogP contribution is -2.25. The van der Waals surface area contributed by atoms with Gasteiger partial charge >= 0.3 is 0 Å². The third kappa shape index (κ3) is 4.50. The van der Waals surface area contributed by atoms with Gasteiger partial charge < -0.3 is 15.0 Å². The van der Waals surface area contributed by atoms with Crippen molar-refractivity contribution in [1.29, 1.82) is 0 Å². The number of nitrogens with zero attached hydrogens (tertiary/aromatic N) is 1. The molecule has 1 aliphatic rings. The SMILES string of the molecule is CC(NCCOC1CCCC1)c1ccc(N(C)C)cc1. The fraction of sp³-hybridized carbons (Fsp3) is 0.647. The van der Waals surface area contributed by atoms with Crippen LogP contribution in [-0.2, 0) is 4.74 Å². The fourth-order valence-electron chi connectivity index (χ4n) is 2.74. The van der Waals surface area contributed by atoms with E-state index in [1.165, 1.54) is 36.9 Å². The number of hydrogen-bond acceptors (Lipinski definition) is 3. The first kappa shape index (κ1) is 15.3. The predicted octanol–water partition coefficient (Wildman–Crippen LogP) is 3.36. The minimum absolute atomic E-state index is 0.374. The molecule has 0 heterocycles. The lowest BCUT2D eigenvalue weighted by Gasteiger charge is -2.18. The van der Waals surface area contributed by atoms with Gasteiger partial charge in [-0.3, -0.25) is 0 Å². The van der Waals surface area contributed by atoms with Gasteiger partial charge in [-0.2, -0.15) is 0 Å². The largest absolute Gasteiger partial charge is 0.378 e. The molecular weight excluding hydrogens is 248 g/mol. The second-order valence-electron chi connectivity index (χ2n) is 5.94. The van der Waals surface area contributed by atoms with Crippen molar-refractivity contribution in [2.45, 2.75) is 44.8 Å². The van der Waals surface area contributed by atoms with E-state index in [0.29, 0.717) is 12.1 Å². The van der Waals surface area contributed by atoms with Crippen LogP contribution in [-0.4, -0.2) is 33.4 Å². The van der Waals surface area contributed by atoms with Crippen LogP contribution in [0.25, 0.3) is 0 Å². The molecular formula is C17H28N2O. The van der Waals surface area contributed by atoms with Gasteiger partial charge in [0.2, 0.25) is 0 Å². The Balaban J connectivity index is 1.69. The minimum Gasteiger partial charge on any atom is -0.378 e. The molecule has 1 N–H and O–H groups in total.